The third-order valence-electron chi connectivity index (χ3n) is 5.69. The molecule has 10 heteroatoms. The fraction of sp³-hybridized carbons (Fsp3) is 0.476. The second-order valence-corrected chi connectivity index (χ2v) is 8.19. The van der Waals surface area contributed by atoms with Gasteiger partial charge in [-0.15, -0.1) is 0 Å². The number of nitrogens with zero attached hydrogens (tertiary/aromatic N) is 4. The van der Waals surface area contributed by atoms with Gasteiger partial charge in [-0.25, -0.2) is 4.98 Å². The minimum absolute atomic E-state index is 0.0721. The number of fused-ring (bicyclic) bond motifs is 1. The van der Waals surface area contributed by atoms with Crippen molar-refractivity contribution in [1.29, 1.82) is 0 Å². The van der Waals surface area contributed by atoms with E-state index < -0.39 is 6.61 Å². The van der Waals surface area contributed by atoms with Crippen LogP contribution in [0.4, 0.5) is 14.5 Å². The second-order valence-electron chi connectivity index (χ2n) is 7.81. The molecule has 31 heavy (non-hydrogen) atoms. The van der Waals surface area contributed by atoms with Gasteiger partial charge >= 0.3 is 6.61 Å². The van der Waals surface area contributed by atoms with Gasteiger partial charge in [-0.2, -0.15) is 8.78 Å². The highest BCUT2D eigenvalue weighted by molar-refractivity contribution is 6.32. The molecule has 0 bridgehead atoms. The zero-order valence-electron chi connectivity index (χ0n) is 17.3. The molecule has 1 fully saturated rings. The van der Waals surface area contributed by atoms with Crippen molar-refractivity contribution in [2.24, 2.45) is 5.92 Å². The first-order valence-corrected chi connectivity index (χ1v) is 10.3. The number of ether oxygens (including phenoxy) is 2. The molecule has 4 heterocycles. The van der Waals surface area contributed by atoms with Gasteiger partial charge in [0.1, 0.15) is 0 Å². The maximum absolute atomic E-state index is 12.9. The van der Waals surface area contributed by atoms with Crippen LogP contribution < -0.4 is 9.64 Å². The van der Waals surface area contributed by atoms with Gasteiger partial charge in [0.15, 0.2) is 0 Å². The predicted molar refractivity (Wildman–Crippen MR) is 110 cm³/mol. The molecule has 0 radical (unpaired) electrons. The first-order chi connectivity index (χ1) is 14.9. The van der Waals surface area contributed by atoms with Crippen molar-refractivity contribution in [2.75, 3.05) is 25.1 Å². The summed E-state index contributed by atoms with van der Waals surface area (Å²) in [5.41, 5.74) is 4.28. The molecule has 166 valence electrons. The SMILES string of the molecule is COCc1nc2c(c(C)c1Cl)CN(C(=O)CC1CN(c3ccnc(OC(F)F)c3)C1)C2. The number of rotatable bonds is 7. The number of aromatic nitrogens is 2. The summed E-state index contributed by atoms with van der Waals surface area (Å²) < 4.78 is 34.3. The van der Waals surface area contributed by atoms with Gasteiger partial charge in [-0.05, 0) is 24.1 Å². The van der Waals surface area contributed by atoms with Gasteiger partial charge in [0.2, 0.25) is 11.8 Å². The van der Waals surface area contributed by atoms with Gasteiger partial charge < -0.3 is 19.3 Å². The summed E-state index contributed by atoms with van der Waals surface area (Å²) in [7, 11) is 1.59. The van der Waals surface area contributed by atoms with Gasteiger partial charge in [0.05, 0.1) is 29.6 Å². The topological polar surface area (TPSA) is 67.8 Å². The van der Waals surface area contributed by atoms with Crippen molar-refractivity contribution in [3.63, 3.8) is 0 Å². The van der Waals surface area contributed by atoms with Crippen molar-refractivity contribution in [2.45, 2.75) is 39.7 Å². The summed E-state index contributed by atoms with van der Waals surface area (Å²) in [6.45, 7) is 1.69. The van der Waals surface area contributed by atoms with Crippen molar-refractivity contribution < 1.29 is 23.0 Å². The number of pyridine rings is 2. The van der Waals surface area contributed by atoms with Crippen LogP contribution >= 0.6 is 11.6 Å². The highest BCUT2D eigenvalue weighted by atomic mass is 35.5. The number of amides is 1. The first kappa shape index (κ1) is 21.7. The standard InChI is InChI=1S/C21H23ClF2N4O3/c1-12-15-9-28(10-16(15)26-17(11-30-2)20(12)22)19(29)5-13-7-27(8-13)14-3-4-25-18(6-14)31-21(23)24/h3-4,6,13,21H,5,7-11H2,1-2H3. The Morgan fingerprint density at radius 1 is 1.35 bits per heavy atom. The van der Waals surface area contributed by atoms with E-state index in [1.807, 2.05) is 11.8 Å². The quantitative estimate of drug-likeness (QED) is 0.640. The Hall–Kier alpha value is -2.52. The van der Waals surface area contributed by atoms with Gasteiger partial charge in [0.25, 0.3) is 0 Å². The number of anilines is 1. The molecule has 1 amide bonds. The molecule has 0 spiro atoms. The molecule has 2 aliphatic heterocycles. The average molecular weight is 453 g/mol. The van der Waals surface area contributed by atoms with E-state index in [1.54, 1.807) is 18.1 Å². The van der Waals surface area contributed by atoms with Crippen LogP contribution in [0, 0.1) is 12.8 Å². The van der Waals surface area contributed by atoms with Crippen LogP contribution in [-0.4, -0.2) is 47.6 Å². The minimum Gasteiger partial charge on any atom is -0.417 e. The van der Waals surface area contributed by atoms with E-state index in [2.05, 4.69) is 14.7 Å². The van der Waals surface area contributed by atoms with Crippen LogP contribution in [0.2, 0.25) is 5.02 Å². The van der Waals surface area contributed by atoms with E-state index in [1.165, 1.54) is 12.3 Å². The fourth-order valence-electron chi connectivity index (χ4n) is 4.06. The van der Waals surface area contributed by atoms with Crippen molar-refractivity contribution in [3.8, 4) is 5.88 Å². The van der Waals surface area contributed by atoms with E-state index in [4.69, 9.17) is 16.3 Å². The summed E-state index contributed by atoms with van der Waals surface area (Å²) in [5.74, 6) is 0.157. The summed E-state index contributed by atoms with van der Waals surface area (Å²) in [6.07, 6.45) is 1.86. The van der Waals surface area contributed by atoms with Crippen molar-refractivity contribution in [1.82, 2.24) is 14.9 Å². The molecule has 0 aliphatic carbocycles. The molecule has 2 aromatic rings. The average Bonchev–Trinajstić information content (AvgIpc) is 3.12. The summed E-state index contributed by atoms with van der Waals surface area (Å²) in [4.78, 5) is 25.0. The third-order valence-corrected chi connectivity index (χ3v) is 6.19. The normalized spacial score (nSPS) is 15.9. The highest BCUT2D eigenvalue weighted by Crippen LogP contribution is 2.33. The van der Waals surface area contributed by atoms with Gasteiger partial charge in [-0.1, -0.05) is 11.6 Å². The minimum atomic E-state index is -2.91. The lowest BCUT2D eigenvalue weighted by atomic mass is 9.95. The van der Waals surface area contributed by atoms with Crippen LogP contribution in [-0.2, 0) is 29.2 Å². The van der Waals surface area contributed by atoms with Crippen LogP contribution in [0.15, 0.2) is 18.3 Å². The molecule has 0 aromatic carbocycles. The summed E-state index contributed by atoms with van der Waals surface area (Å²) in [5, 5.41) is 0.595. The molecule has 2 aromatic heterocycles. The smallest absolute Gasteiger partial charge is 0.388 e. The highest BCUT2D eigenvalue weighted by Gasteiger charge is 2.33. The second kappa shape index (κ2) is 8.92. The van der Waals surface area contributed by atoms with Crippen molar-refractivity contribution >= 4 is 23.2 Å². The molecule has 0 N–H and O–H groups in total. The van der Waals surface area contributed by atoms with Crippen LogP contribution in [0.3, 0.4) is 0 Å². The van der Waals surface area contributed by atoms with Crippen LogP contribution in [0.1, 0.15) is 28.9 Å². The van der Waals surface area contributed by atoms with Gasteiger partial charge in [0, 0.05) is 57.0 Å². The monoisotopic (exact) mass is 452 g/mol. The molecule has 0 unspecified atom stereocenters. The molecule has 1 saturated heterocycles. The van der Waals surface area contributed by atoms with E-state index in [0.29, 0.717) is 49.9 Å². The lowest BCUT2D eigenvalue weighted by Crippen LogP contribution is -2.48. The number of hydrogen-bond acceptors (Lipinski definition) is 6. The Labute approximate surface area is 183 Å². The Kier molecular flexibility index (Phi) is 6.24. The Morgan fingerprint density at radius 2 is 2.13 bits per heavy atom. The zero-order chi connectivity index (χ0) is 22.1. The lowest BCUT2D eigenvalue weighted by Gasteiger charge is -2.41. The maximum atomic E-state index is 12.9. The Balaban J connectivity index is 1.33. The van der Waals surface area contributed by atoms with E-state index >= 15 is 0 Å². The lowest BCUT2D eigenvalue weighted by molar-refractivity contribution is -0.133. The zero-order valence-corrected chi connectivity index (χ0v) is 18.0. The Bertz CT molecular complexity index is 985. The Morgan fingerprint density at radius 3 is 2.84 bits per heavy atom. The predicted octanol–water partition coefficient (Wildman–Crippen LogP) is 3.55. The number of alkyl halides is 2. The molecule has 4 rings (SSSR count). The molecule has 0 atom stereocenters. The first-order valence-electron chi connectivity index (χ1n) is 9.95. The van der Waals surface area contributed by atoms with Crippen LogP contribution in [0.25, 0.3) is 0 Å². The molecule has 2 aliphatic rings. The summed E-state index contributed by atoms with van der Waals surface area (Å²) in [6, 6.07) is 3.22. The molecular weight excluding hydrogens is 430 g/mol. The van der Waals surface area contributed by atoms with E-state index in [0.717, 1.165) is 22.5 Å². The third kappa shape index (κ3) is 4.57. The molecule has 7 nitrogen and oxygen atoms in total. The van der Waals surface area contributed by atoms with Crippen LogP contribution in [0.5, 0.6) is 5.88 Å². The number of halogens is 3. The molecule has 0 saturated carbocycles. The maximum Gasteiger partial charge on any atom is 0.388 e. The fourth-order valence-corrected chi connectivity index (χ4v) is 4.27. The van der Waals surface area contributed by atoms with E-state index in [-0.39, 0.29) is 17.7 Å². The largest absolute Gasteiger partial charge is 0.417 e. The number of carbonyl (C=O) groups is 1. The number of hydrogen-bond donors (Lipinski definition) is 0. The number of carbonyl (C=O) groups excluding carboxylic acids is 1. The van der Waals surface area contributed by atoms with Gasteiger partial charge in [-0.3, -0.25) is 9.78 Å². The van der Waals surface area contributed by atoms with Crippen molar-refractivity contribution in [3.05, 3.63) is 45.9 Å². The van der Waals surface area contributed by atoms with E-state index in [9.17, 15) is 13.6 Å². The molecular formula is C21H23ClF2N4O3. The number of methoxy groups -OCH3 is 1. The summed E-state index contributed by atoms with van der Waals surface area (Å²) >= 11 is 6.41.